The van der Waals surface area contributed by atoms with E-state index in [0.717, 1.165) is 19.4 Å². The lowest BCUT2D eigenvalue weighted by Gasteiger charge is -2.09. The minimum absolute atomic E-state index is 0.0367. The molecule has 0 unspecified atom stereocenters. The second-order valence-electron chi connectivity index (χ2n) is 6.36. The van der Waals surface area contributed by atoms with Crippen LogP contribution in [0, 0.1) is 14.9 Å². The number of anilines is 1. The largest absolute Gasteiger partial charge is 0.488 e. The van der Waals surface area contributed by atoms with E-state index in [-0.39, 0.29) is 5.57 Å². The van der Waals surface area contributed by atoms with Gasteiger partial charge in [-0.15, -0.1) is 0 Å². The fourth-order valence-electron chi connectivity index (χ4n) is 2.55. The van der Waals surface area contributed by atoms with Crippen LogP contribution in [0.2, 0.25) is 10.0 Å². The molecule has 31 heavy (non-hydrogen) atoms. The standard InChI is InChI=1S/C23H14BrCl2IN2O2/c24-17-4-1-14(2-5-17)13-31-22-8-3-15(10-21(22)27)9-16(12-28)23(30)29-18-6-7-19(25)20(26)11-18/h1-11H,13H2,(H,29,30)/b16-9+. The Hall–Kier alpha value is -2.05. The molecule has 0 saturated heterocycles. The zero-order valence-electron chi connectivity index (χ0n) is 15.8. The summed E-state index contributed by atoms with van der Waals surface area (Å²) in [5.41, 5.74) is 2.17. The third kappa shape index (κ3) is 6.71. The number of nitrogens with zero attached hydrogens (tertiary/aromatic N) is 1. The molecule has 0 heterocycles. The Bertz CT molecular complexity index is 1190. The van der Waals surface area contributed by atoms with Crippen molar-refractivity contribution in [3.05, 3.63) is 95.5 Å². The van der Waals surface area contributed by atoms with Crippen LogP contribution in [0.3, 0.4) is 0 Å². The average Bonchev–Trinajstić information content (AvgIpc) is 2.75. The van der Waals surface area contributed by atoms with Gasteiger partial charge in [0.25, 0.3) is 5.91 Å². The summed E-state index contributed by atoms with van der Waals surface area (Å²) in [7, 11) is 0. The predicted molar refractivity (Wildman–Crippen MR) is 136 cm³/mol. The monoisotopic (exact) mass is 626 g/mol. The third-order valence-corrected chi connectivity index (χ3v) is 6.23. The molecule has 3 rings (SSSR count). The fourth-order valence-corrected chi connectivity index (χ4v) is 3.81. The van der Waals surface area contributed by atoms with Gasteiger partial charge in [0.05, 0.1) is 13.6 Å². The van der Waals surface area contributed by atoms with Gasteiger partial charge >= 0.3 is 0 Å². The Morgan fingerprint density at radius 1 is 1.10 bits per heavy atom. The highest BCUT2D eigenvalue weighted by atomic mass is 127. The molecule has 0 spiro atoms. The first-order valence-electron chi connectivity index (χ1n) is 8.90. The number of carbonyl (C=O) groups is 1. The van der Waals surface area contributed by atoms with Gasteiger partial charge in [-0.3, -0.25) is 4.79 Å². The van der Waals surface area contributed by atoms with E-state index in [1.165, 1.54) is 12.1 Å². The molecule has 3 aromatic rings. The first kappa shape index (κ1) is 23.6. The fraction of sp³-hybridized carbons (Fsp3) is 0.0435. The number of amides is 1. The van der Waals surface area contributed by atoms with Crippen LogP contribution in [0.25, 0.3) is 6.08 Å². The lowest BCUT2D eigenvalue weighted by Crippen LogP contribution is -2.13. The van der Waals surface area contributed by atoms with Crippen LogP contribution in [0.5, 0.6) is 5.75 Å². The summed E-state index contributed by atoms with van der Waals surface area (Å²) >= 11 is 17.4. The molecule has 0 atom stereocenters. The van der Waals surface area contributed by atoms with Gasteiger partial charge in [-0.2, -0.15) is 5.26 Å². The third-order valence-electron chi connectivity index (χ3n) is 4.12. The molecular formula is C23H14BrCl2IN2O2. The number of rotatable bonds is 6. The number of ether oxygens (including phenoxy) is 1. The summed E-state index contributed by atoms with van der Waals surface area (Å²) < 4.78 is 7.76. The first-order chi connectivity index (χ1) is 14.9. The summed E-state index contributed by atoms with van der Waals surface area (Å²) in [6.07, 6.45) is 1.52. The second-order valence-corrected chi connectivity index (χ2v) is 9.25. The maximum atomic E-state index is 12.5. The van der Waals surface area contributed by atoms with Crippen molar-refractivity contribution in [3.8, 4) is 11.8 Å². The lowest BCUT2D eigenvalue weighted by molar-refractivity contribution is -0.112. The van der Waals surface area contributed by atoms with E-state index in [1.54, 1.807) is 18.2 Å². The highest BCUT2D eigenvalue weighted by Gasteiger charge is 2.11. The quantitative estimate of drug-likeness (QED) is 0.175. The summed E-state index contributed by atoms with van der Waals surface area (Å²) in [4.78, 5) is 12.5. The first-order valence-corrected chi connectivity index (χ1v) is 11.5. The Kier molecular flexibility index (Phi) is 8.38. The number of hydrogen-bond acceptors (Lipinski definition) is 3. The predicted octanol–water partition coefficient (Wildman–Crippen LogP) is 7.49. The van der Waals surface area contributed by atoms with Crippen LogP contribution in [-0.4, -0.2) is 5.91 Å². The maximum Gasteiger partial charge on any atom is 0.266 e. The highest BCUT2D eigenvalue weighted by Crippen LogP contribution is 2.26. The number of halogens is 4. The van der Waals surface area contributed by atoms with Crippen LogP contribution in [-0.2, 0) is 11.4 Å². The molecule has 1 N–H and O–H groups in total. The van der Waals surface area contributed by atoms with Crippen molar-refractivity contribution in [1.82, 2.24) is 0 Å². The molecule has 0 fully saturated rings. The normalized spacial score (nSPS) is 11.0. The molecule has 0 radical (unpaired) electrons. The minimum atomic E-state index is -0.536. The molecule has 0 aliphatic rings. The Labute approximate surface area is 212 Å². The van der Waals surface area contributed by atoms with Crippen molar-refractivity contribution in [3.63, 3.8) is 0 Å². The van der Waals surface area contributed by atoms with Crippen molar-refractivity contribution in [2.24, 2.45) is 0 Å². The van der Waals surface area contributed by atoms with E-state index in [1.807, 2.05) is 42.5 Å². The summed E-state index contributed by atoms with van der Waals surface area (Å²) in [6, 6.07) is 20.0. The van der Waals surface area contributed by atoms with E-state index >= 15 is 0 Å². The molecule has 3 aromatic carbocycles. The number of benzene rings is 3. The molecule has 156 valence electrons. The molecule has 0 aliphatic heterocycles. The van der Waals surface area contributed by atoms with Gasteiger partial charge in [0.15, 0.2) is 0 Å². The van der Waals surface area contributed by atoms with E-state index < -0.39 is 5.91 Å². The molecule has 4 nitrogen and oxygen atoms in total. The van der Waals surface area contributed by atoms with Gasteiger partial charge in [-0.1, -0.05) is 57.3 Å². The van der Waals surface area contributed by atoms with E-state index in [4.69, 9.17) is 27.9 Å². The SMILES string of the molecule is N#C/C(=C\c1ccc(OCc2ccc(Br)cc2)c(I)c1)C(=O)Nc1ccc(Cl)c(Cl)c1. The minimum Gasteiger partial charge on any atom is -0.488 e. The zero-order chi connectivity index (χ0) is 22.4. The number of nitriles is 1. The van der Waals surface area contributed by atoms with Crippen molar-refractivity contribution < 1.29 is 9.53 Å². The summed E-state index contributed by atoms with van der Waals surface area (Å²) in [6.45, 7) is 0.438. The molecule has 1 amide bonds. The summed E-state index contributed by atoms with van der Waals surface area (Å²) in [5.74, 6) is 0.186. The van der Waals surface area contributed by atoms with Gasteiger partial charge in [0, 0.05) is 10.2 Å². The van der Waals surface area contributed by atoms with Crippen LogP contribution >= 0.6 is 61.7 Å². The summed E-state index contributed by atoms with van der Waals surface area (Å²) in [5, 5.41) is 12.8. The average molecular weight is 628 g/mol. The van der Waals surface area contributed by atoms with Gasteiger partial charge in [0.1, 0.15) is 24.0 Å². The van der Waals surface area contributed by atoms with E-state index in [9.17, 15) is 10.1 Å². The smallest absolute Gasteiger partial charge is 0.266 e. The van der Waals surface area contributed by atoms with Gasteiger partial charge < -0.3 is 10.1 Å². The van der Waals surface area contributed by atoms with E-state index in [2.05, 4.69) is 43.8 Å². The van der Waals surface area contributed by atoms with Crippen molar-refractivity contribution >= 4 is 79.4 Å². The van der Waals surface area contributed by atoms with Gasteiger partial charge in [-0.25, -0.2) is 0 Å². The zero-order valence-corrected chi connectivity index (χ0v) is 21.1. The molecular weight excluding hydrogens is 614 g/mol. The van der Waals surface area contributed by atoms with Crippen molar-refractivity contribution in [1.29, 1.82) is 5.26 Å². The van der Waals surface area contributed by atoms with Gasteiger partial charge in [-0.05, 0) is 82.3 Å². The van der Waals surface area contributed by atoms with Gasteiger partial charge in [0.2, 0.25) is 0 Å². The molecule has 0 bridgehead atoms. The van der Waals surface area contributed by atoms with E-state index in [0.29, 0.717) is 27.9 Å². The Morgan fingerprint density at radius 3 is 2.48 bits per heavy atom. The van der Waals surface area contributed by atoms with Crippen LogP contribution in [0.15, 0.2) is 70.7 Å². The number of carbonyl (C=O) groups excluding carboxylic acids is 1. The molecule has 8 heteroatoms. The lowest BCUT2D eigenvalue weighted by atomic mass is 10.1. The van der Waals surface area contributed by atoms with Crippen LogP contribution < -0.4 is 10.1 Å². The van der Waals surface area contributed by atoms with Crippen molar-refractivity contribution in [2.75, 3.05) is 5.32 Å². The Morgan fingerprint density at radius 2 is 1.84 bits per heavy atom. The topological polar surface area (TPSA) is 62.1 Å². The molecule has 0 aliphatic carbocycles. The van der Waals surface area contributed by atoms with Crippen LogP contribution in [0.1, 0.15) is 11.1 Å². The molecule has 0 aromatic heterocycles. The molecule has 0 saturated carbocycles. The Balaban J connectivity index is 1.70. The maximum absolute atomic E-state index is 12.5. The van der Waals surface area contributed by atoms with Crippen molar-refractivity contribution in [2.45, 2.75) is 6.61 Å². The number of nitrogens with one attached hydrogen (secondary N) is 1. The highest BCUT2D eigenvalue weighted by molar-refractivity contribution is 14.1. The van der Waals surface area contributed by atoms with Crippen LogP contribution in [0.4, 0.5) is 5.69 Å². The second kappa shape index (κ2) is 11.0. The number of hydrogen-bond donors (Lipinski definition) is 1.